The zero-order valence-corrected chi connectivity index (χ0v) is 10.2. The SMILES string of the molecule is NNc1ncc(COc2cccc(Cl)c2F)s1. The third kappa shape index (κ3) is 2.85. The van der Waals surface area contributed by atoms with Crippen molar-refractivity contribution in [1.82, 2.24) is 4.98 Å². The van der Waals surface area contributed by atoms with Gasteiger partial charge < -0.3 is 4.74 Å². The molecule has 2 rings (SSSR count). The number of nitrogen functional groups attached to an aromatic ring is 1. The number of nitrogens with zero attached hydrogens (tertiary/aromatic N) is 1. The number of nitrogens with two attached hydrogens (primary N) is 1. The van der Waals surface area contributed by atoms with E-state index in [4.69, 9.17) is 22.2 Å². The number of hydrazine groups is 1. The van der Waals surface area contributed by atoms with Gasteiger partial charge in [-0.1, -0.05) is 29.0 Å². The number of thiazole rings is 1. The fourth-order valence-electron chi connectivity index (χ4n) is 1.19. The smallest absolute Gasteiger partial charge is 0.197 e. The van der Waals surface area contributed by atoms with Crippen LogP contribution in [0.2, 0.25) is 5.02 Å². The predicted molar refractivity (Wildman–Crippen MR) is 65.7 cm³/mol. The zero-order chi connectivity index (χ0) is 12.3. The Bertz CT molecular complexity index is 520. The molecule has 0 aliphatic carbocycles. The summed E-state index contributed by atoms with van der Waals surface area (Å²) in [5, 5.41) is 0.617. The average Bonchev–Trinajstić information content (AvgIpc) is 2.79. The second-order valence-electron chi connectivity index (χ2n) is 3.12. The van der Waals surface area contributed by atoms with Crippen LogP contribution in [0.3, 0.4) is 0 Å². The fourth-order valence-corrected chi connectivity index (χ4v) is 1.99. The number of anilines is 1. The van der Waals surface area contributed by atoms with Gasteiger partial charge in [-0.2, -0.15) is 0 Å². The van der Waals surface area contributed by atoms with E-state index in [1.807, 2.05) is 0 Å². The number of halogens is 2. The minimum atomic E-state index is -0.559. The molecule has 1 aromatic heterocycles. The van der Waals surface area contributed by atoms with Crippen molar-refractivity contribution in [3.8, 4) is 5.75 Å². The van der Waals surface area contributed by atoms with E-state index in [0.717, 1.165) is 4.88 Å². The number of hydrogen-bond donors (Lipinski definition) is 2. The first-order chi connectivity index (χ1) is 8.20. The Balaban J connectivity index is 2.04. The summed E-state index contributed by atoms with van der Waals surface area (Å²) in [5.74, 6) is 4.75. The van der Waals surface area contributed by atoms with Gasteiger partial charge in [0.15, 0.2) is 16.7 Å². The standard InChI is InChI=1S/C10H9ClFN3OS/c11-7-2-1-3-8(9(7)12)16-5-6-4-14-10(15-13)17-6/h1-4H,5,13H2,(H,14,15). The van der Waals surface area contributed by atoms with Crippen molar-refractivity contribution in [3.05, 3.63) is 40.1 Å². The molecule has 17 heavy (non-hydrogen) atoms. The predicted octanol–water partition coefficient (Wildman–Crippen LogP) is 2.80. The van der Waals surface area contributed by atoms with Crippen molar-refractivity contribution in [1.29, 1.82) is 0 Å². The number of nitrogens with one attached hydrogen (secondary N) is 1. The first-order valence-electron chi connectivity index (χ1n) is 4.69. The van der Waals surface area contributed by atoms with Gasteiger partial charge in [0.25, 0.3) is 0 Å². The van der Waals surface area contributed by atoms with Crippen LogP contribution in [0.15, 0.2) is 24.4 Å². The molecule has 0 fully saturated rings. The summed E-state index contributed by atoms with van der Waals surface area (Å²) in [6, 6.07) is 4.61. The minimum absolute atomic E-state index is 0.0381. The van der Waals surface area contributed by atoms with Gasteiger partial charge in [0.2, 0.25) is 0 Å². The van der Waals surface area contributed by atoms with Gasteiger partial charge >= 0.3 is 0 Å². The fraction of sp³-hybridized carbons (Fsp3) is 0.100. The Hall–Kier alpha value is -1.37. The van der Waals surface area contributed by atoms with Gasteiger partial charge in [-0.15, -0.1) is 0 Å². The van der Waals surface area contributed by atoms with Crippen LogP contribution >= 0.6 is 22.9 Å². The molecule has 1 heterocycles. The van der Waals surface area contributed by atoms with E-state index in [9.17, 15) is 4.39 Å². The molecule has 0 spiro atoms. The van der Waals surface area contributed by atoms with E-state index in [0.29, 0.717) is 5.13 Å². The van der Waals surface area contributed by atoms with Crippen LogP contribution in [0.25, 0.3) is 0 Å². The third-order valence-electron chi connectivity index (χ3n) is 1.96. The normalized spacial score (nSPS) is 10.3. The molecule has 3 N–H and O–H groups in total. The van der Waals surface area contributed by atoms with E-state index in [1.54, 1.807) is 12.3 Å². The van der Waals surface area contributed by atoms with Gasteiger partial charge in [0.1, 0.15) is 6.61 Å². The molecular weight excluding hydrogens is 265 g/mol. The lowest BCUT2D eigenvalue weighted by atomic mass is 10.3. The minimum Gasteiger partial charge on any atom is -0.485 e. The number of rotatable bonds is 4. The first-order valence-corrected chi connectivity index (χ1v) is 5.88. The molecule has 0 aliphatic rings. The van der Waals surface area contributed by atoms with Crippen molar-refractivity contribution >= 4 is 28.1 Å². The van der Waals surface area contributed by atoms with Crippen LogP contribution < -0.4 is 16.0 Å². The molecule has 2 aromatic rings. The molecule has 0 saturated heterocycles. The number of ether oxygens (including phenoxy) is 1. The molecule has 1 aromatic carbocycles. The van der Waals surface area contributed by atoms with Gasteiger partial charge in [-0.05, 0) is 12.1 Å². The van der Waals surface area contributed by atoms with Crippen LogP contribution in [0, 0.1) is 5.82 Å². The van der Waals surface area contributed by atoms with Crippen molar-refractivity contribution in [2.45, 2.75) is 6.61 Å². The lowest BCUT2D eigenvalue weighted by Crippen LogP contribution is -2.05. The highest BCUT2D eigenvalue weighted by Gasteiger charge is 2.08. The highest BCUT2D eigenvalue weighted by molar-refractivity contribution is 7.15. The second kappa shape index (κ2) is 5.31. The van der Waals surface area contributed by atoms with Gasteiger partial charge in [0, 0.05) is 6.20 Å². The highest BCUT2D eigenvalue weighted by Crippen LogP contribution is 2.26. The lowest BCUT2D eigenvalue weighted by molar-refractivity contribution is 0.293. The van der Waals surface area contributed by atoms with E-state index in [-0.39, 0.29) is 17.4 Å². The van der Waals surface area contributed by atoms with E-state index in [1.165, 1.54) is 23.5 Å². The monoisotopic (exact) mass is 273 g/mol. The molecule has 90 valence electrons. The van der Waals surface area contributed by atoms with Crippen LogP contribution in [0.4, 0.5) is 9.52 Å². The van der Waals surface area contributed by atoms with E-state index in [2.05, 4.69) is 10.4 Å². The van der Waals surface area contributed by atoms with Gasteiger partial charge in [-0.25, -0.2) is 15.2 Å². The summed E-state index contributed by atoms with van der Waals surface area (Å²) in [4.78, 5) is 4.80. The van der Waals surface area contributed by atoms with Crippen LogP contribution in [0.1, 0.15) is 4.88 Å². The number of hydrogen-bond acceptors (Lipinski definition) is 5. The maximum absolute atomic E-state index is 13.5. The number of benzene rings is 1. The summed E-state index contributed by atoms with van der Waals surface area (Å²) in [6.45, 7) is 0.219. The summed E-state index contributed by atoms with van der Waals surface area (Å²) in [7, 11) is 0. The number of aromatic nitrogens is 1. The van der Waals surface area contributed by atoms with Crippen molar-refractivity contribution < 1.29 is 9.13 Å². The topological polar surface area (TPSA) is 60.2 Å². The summed E-state index contributed by atoms with van der Waals surface area (Å²) >= 11 is 6.97. The maximum Gasteiger partial charge on any atom is 0.197 e. The third-order valence-corrected chi connectivity index (χ3v) is 3.16. The molecular formula is C10H9ClFN3OS. The quantitative estimate of drug-likeness (QED) is 0.664. The Kier molecular flexibility index (Phi) is 3.78. The molecule has 0 atom stereocenters. The Morgan fingerprint density at radius 3 is 3.06 bits per heavy atom. The van der Waals surface area contributed by atoms with Crippen molar-refractivity contribution in [2.24, 2.45) is 5.84 Å². The van der Waals surface area contributed by atoms with Crippen molar-refractivity contribution in [2.75, 3.05) is 5.43 Å². The summed E-state index contributed by atoms with van der Waals surface area (Å²) in [5.41, 5.74) is 2.42. The van der Waals surface area contributed by atoms with Gasteiger partial charge in [0.05, 0.1) is 9.90 Å². The molecule has 0 amide bonds. The molecule has 0 unspecified atom stereocenters. The molecule has 4 nitrogen and oxygen atoms in total. The molecule has 7 heteroatoms. The van der Waals surface area contributed by atoms with Crippen LogP contribution in [-0.4, -0.2) is 4.98 Å². The Labute approximate surface area is 106 Å². The average molecular weight is 274 g/mol. The van der Waals surface area contributed by atoms with Gasteiger partial charge in [-0.3, -0.25) is 5.43 Å². The largest absolute Gasteiger partial charge is 0.485 e. The van der Waals surface area contributed by atoms with E-state index < -0.39 is 5.82 Å². The van der Waals surface area contributed by atoms with Crippen LogP contribution in [-0.2, 0) is 6.61 Å². The Morgan fingerprint density at radius 1 is 1.53 bits per heavy atom. The Morgan fingerprint density at radius 2 is 2.35 bits per heavy atom. The second-order valence-corrected chi connectivity index (χ2v) is 4.64. The van der Waals surface area contributed by atoms with Crippen LogP contribution in [0.5, 0.6) is 5.75 Å². The molecule has 0 bridgehead atoms. The molecule has 0 saturated carbocycles. The molecule has 0 radical (unpaired) electrons. The lowest BCUT2D eigenvalue weighted by Gasteiger charge is -2.05. The van der Waals surface area contributed by atoms with E-state index >= 15 is 0 Å². The maximum atomic E-state index is 13.5. The highest BCUT2D eigenvalue weighted by atomic mass is 35.5. The molecule has 0 aliphatic heterocycles. The zero-order valence-electron chi connectivity index (χ0n) is 8.61. The van der Waals surface area contributed by atoms with Crippen molar-refractivity contribution in [3.63, 3.8) is 0 Å². The summed E-state index contributed by atoms with van der Waals surface area (Å²) in [6.07, 6.45) is 1.61. The first kappa shape index (κ1) is 12.1. The summed E-state index contributed by atoms with van der Waals surface area (Å²) < 4.78 is 18.8.